The van der Waals surface area contributed by atoms with E-state index < -0.39 is 0 Å². The Bertz CT molecular complexity index is 414. The summed E-state index contributed by atoms with van der Waals surface area (Å²) in [5.74, 6) is 0.669. The summed E-state index contributed by atoms with van der Waals surface area (Å²) in [4.78, 5) is 11.4. The molecule has 1 aromatic carbocycles. The summed E-state index contributed by atoms with van der Waals surface area (Å²) in [5.41, 5.74) is 1.86. The normalized spacial score (nSPS) is 15.4. The van der Waals surface area contributed by atoms with Gasteiger partial charge in [0.2, 0.25) is 5.91 Å². The first-order chi connectivity index (χ1) is 9.28. The molecule has 0 aromatic heterocycles. The molecule has 0 radical (unpaired) electrons. The summed E-state index contributed by atoms with van der Waals surface area (Å²) < 4.78 is 4.79. The average Bonchev–Trinajstić information content (AvgIpc) is 2.90. The van der Waals surface area contributed by atoms with Crippen molar-refractivity contribution in [1.29, 1.82) is 0 Å². The lowest BCUT2D eigenvalue weighted by Gasteiger charge is -2.13. The number of benzene rings is 1. The predicted molar refractivity (Wildman–Crippen MR) is 77.4 cm³/mol. The molecule has 1 aliphatic carbocycles. The van der Waals surface area contributed by atoms with E-state index in [2.05, 4.69) is 10.6 Å². The standard InChI is InChI=1S/C15H22N2O2/c1-19-11-15(18)17-14-8-4-7-13(9-14)16-10-12-5-2-3-6-12/h4,7-9,12,16H,2-3,5-6,10-11H2,1H3,(H,17,18). The predicted octanol–water partition coefficient (Wildman–Crippen LogP) is 2.87. The van der Waals surface area contributed by atoms with E-state index in [0.29, 0.717) is 0 Å². The SMILES string of the molecule is COCC(=O)Nc1cccc(NCC2CCCC2)c1. The van der Waals surface area contributed by atoms with Crippen molar-refractivity contribution < 1.29 is 9.53 Å². The molecule has 0 aliphatic heterocycles. The van der Waals surface area contributed by atoms with Crippen LogP contribution in [0.25, 0.3) is 0 Å². The highest BCUT2D eigenvalue weighted by atomic mass is 16.5. The van der Waals surface area contributed by atoms with Crippen LogP contribution in [0.2, 0.25) is 0 Å². The van der Waals surface area contributed by atoms with Crippen molar-refractivity contribution >= 4 is 17.3 Å². The maximum absolute atomic E-state index is 11.4. The third kappa shape index (κ3) is 4.56. The zero-order valence-corrected chi connectivity index (χ0v) is 11.4. The minimum absolute atomic E-state index is 0.0831. The number of ether oxygens (including phenoxy) is 1. The summed E-state index contributed by atoms with van der Waals surface area (Å²) in [6.07, 6.45) is 5.38. The number of hydrogen-bond acceptors (Lipinski definition) is 3. The van der Waals surface area contributed by atoms with Crippen LogP contribution in [0.4, 0.5) is 11.4 Å². The van der Waals surface area contributed by atoms with Crippen LogP contribution >= 0.6 is 0 Å². The van der Waals surface area contributed by atoms with Crippen LogP contribution in [-0.4, -0.2) is 26.2 Å². The Balaban J connectivity index is 1.85. The molecule has 0 saturated heterocycles. The molecule has 4 nitrogen and oxygen atoms in total. The monoisotopic (exact) mass is 262 g/mol. The molecule has 19 heavy (non-hydrogen) atoms. The van der Waals surface area contributed by atoms with Crippen molar-refractivity contribution in [3.63, 3.8) is 0 Å². The Labute approximate surface area is 114 Å². The van der Waals surface area contributed by atoms with Gasteiger partial charge in [0.05, 0.1) is 0 Å². The Morgan fingerprint density at radius 1 is 1.32 bits per heavy atom. The molecule has 0 atom stereocenters. The van der Waals surface area contributed by atoms with Gasteiger partial charge in [-0.25, -0.2) is 0 Å². The third-order valence-corrected chi connectivity index (χ3v) is 3.49. The van der Waals surface area contributed by atoms with Crippen LogP contribution < -0.4 is 10.6 Å². The fraction of sp³-hybridized carbons (Fsp3) is 0.533. The molecule has 0 heterocycles. The minimum Gasteiger partial charge on any atom is -0.385 e. The van der Waals surface area contributed by atoms with Crippen molar-refractivity contribution in [3.8, 4) is 0 Å². The fourth-order valence-electron chi connectivity index (χ4n) is 2.51. The lowest BCUT2D eigenvalue weighted by atomic mass is 10.1. The zero-order valence-electron chi connectivity index (χ0n) is 11.4. The van der Waals surface area contributed by atoms with Crippen molar-refractivity contribution in [3.05, 3.63) is 24.3 Å². The van der Waals surface area contributed by atoms with E-state index in [0.717, 1.165) is 23.8 Å². The first-order valence-corrected chi connectivity index (χ1v) is 6.90. The fourth-order valence-corrected chi connectivity index (χ4v) is 2.51. The first-order valence-electron chi connectivity index (χ1n) is 6.90. The van der Waals surface area contributed by atoms with Gasteiger partial charge in [0.15, 0.2) is 0 Å². The second-order valence-electron chi connectivity index (χ2n) is 5.09. The van der Waals surface area contributed by atoms with Crippen LogP contribution in [0.3, 0.4) is 0 Å². The molecule has 0 spiro atoms. The highest BCUT2D eigenvalue weighted by Crippen LogP contribution is 2.25. The summed E-state index contributed by atoms with van der Waals surface area (Å²) >= 11 is 0. The van der Waals surface area contributed by atoms with E-state index in [1.165, 1.54) is 32.8 Å². The lowest BCUT2D eigenvalue weighted by Crippen LogP contribution is -2.17. The maximum atomic E-state index is 11.4. The molecular formula is C15H22N2O2. The van der Waals surface area contributed by atoms with Crippen molar-refractivity contribution in [2.45, 2.75) is 25.7 Å². The number of nitrogens with one attached hydrogen (secondary N) is 2. The van der Waals surface area contributed by atoms with E-state index >= 15 is 0 Å². The molecule has 1 aromatic rings. The van der Waals surface area contributed by atoms with E-state index in [4.69, 9.17) is 4.74 Å². The van der Waals surface area contributed by atoms with Crippen molar-refractivity contribution in [2.75, 3.05) is 30.9 Å². The highest BCUT2D eigenvalue weighted by molar-refractivity contribution is 5.92. The molecular weight excluding hydrogens is 240 g/mol. The smallest absolute Gasteiger partial charge is 0.250 e. The summed E-state index contributed by atoms with van der Waals surface area (Å²) in [6.45, 7) is 1.11. The average molecular weight is 262 g/mol. The highest BCUT2D eigenvalue weighted by Gasteiger charge is 2.14. The first kappa shape index (κ1) is 13.9. The molecule has 1 fully saturated rings. The van der Waals surface area contributed by atoms with Gasteiger partial charge >= 0.3 is 0 Å². The molecule has 4 heteroatoms. The van der Waals surface area contributed by atoms with E-state index in [-0.39, 0.29) is 12.5 Å². The number of hydrogen-bond donors (Lipinski definition) is 2. The van der Waals surface area contributed by atoms with Gasteiger partial charge in [0.1, 0.15) is 6.61 Å². The van der Waals surface area contributed by atoms with E-state index in [1.54, 1.807) is 0 Å². The molecule has 1 aliphatic rings. The molecule has 1 saturated carbocycles. The van der Waals surface area contributed by atoms with Crippen LogP contribution in [0.15, 0.2) is 24.3 Å². The van der Waals surface area contributed by atoms with Gasteiger partial charge in [-0.2, -0.15) is 0 Å². The van der Waals surface area contributed by atoms with Gasteiger partial charge in [-0.05, 0) is 37.0 Å². The molecule has 2 N–H and O–H groups in total. The van der Waals surface area contributed by atoms with Crippen LogP contribution in [-0.2, 0) is 9.53 Å². The van der Waals surface area contributed by atoms with Crippen molar-refractivity contribution in [1.82, 2.24) is 0 Å². The molecule has 0 unspecified atom stereocenters. The number of carbonyl (C=O) groups excluding carboxylic acids is 1. The molecule has 1 amide bonds. The number of anilines is 2. The zero-order chi connectivity index (χ0) is 13.5. The number of amides is 1. The van der Waals surface area contributed by atoms with Crippen LogP contribution in [0.5, 0.6) is 0 Å². The summed E-state index contributed by atoms with van der Waals surface area (Å²) in [7, 11) is 1.51. The Morgan fingerprint density at radius 2 is 2.05 bits per heavy atom. The van der Waals surface area contributed by atoms with Gasteiger partial charge in [-0.15, -0.1) is 0 Å². The van der Waals surface area contributed by atoms with E-state index in [1.807, 2.05) is 24.3 Å². The van der Waals surface area contributed by atoms with Gasteiger partial charge in [-0.3, -0.25) is 4.79 Å². The van der Waals surface area contributed by atoms with Gasteiger partial charge < -0.3 is 15.4 Å². The third-order valence-electron chi connectivity index (χ3n) is 3.49. The maximum Gasteiger partial charge on any atom is 0.250 e. The number of rotatable bonds is 6. The molecule has 104 valence electrons. The van der Waals surface area contributed by atoms with Gasteiger partial charge in [0.25, 0.3) is 0 Å². The number of methoxy groups -OCH3 is 1. The second kappa shape index (κ2) is 7.14. The molecule has 0 bridgehead atoms. The second-order valence-corrected chi connectivity index (χ2v) is 5.09. The quantitative estimate of drug-likeness (QED) is 0.828. The van der Waals surface area contributed by atoms with E-state index in [9.17, 15) is 4.79 Å². The topological polar surface area (TPSA) is 50.4 Å². The van der Waals surface area contributed by atoms with Gasteiger partial charge in [0, 0.05) is 25.0 Å². The number of carbonyl (C=O) groups is 1. The Hall–Kier alpha value is -1.55. The Morgan fingerprint density at radius 3 is 2.79 bits per heavy atom. The molecule has 2 rings (SSSR count). The minimum atomic E-state index is -0.129. The largest absolute Gasteiger partial charge is 0.385 e. The van der Waals surface area contributed by atoms with Crippen molar-refractivity contribution in [2.24, 2.45) is 5.92 Å². The van der Waals surface area contributed by atoms with Crippen LogP contribution in [0.1, 0.15) is 25.7 Å². The van der Waals surface area contributed by atoms with Gasteiger partial charge in [-0.1, -0.05) is 18.9 Å². The van der Waals surface area contributed by atoms with Crippen LogP contribution in [0, 0.1) is 5.92 Å². The summed E-state index contributed by atoms with van der Waals surface area (Å²) in [6, 6.07) is 7.82. The lowest BCUT2D eigenvalue weighted by molar-refractivity contribution is -0.119. The Kier molecular flexibility index (Phi) is 5.21. The summed E-state index contributed by atoms with van der Waals surface area (Å²) in [5, 5.41) is 6.26.